The molecule has 0 aromatic carbocycles. The van der Waals surface area contributed by atoms with E-state index in [0.29, 0.717) is 11.2 Å². The first-order valence-electron chi connectivity index (χ1n) is 6.07. The molecule has 0 saturated carbocycles. The number of rotatable bonds is 3. The highest BCUT2D eigenvalue weighted by atomic mass is 16.6. The molecular weight excluding hydrogens is 266 g/mol. The molecule has 1 aliphatic heterocycles. The smallest absolute Gasteiger partial charge is 0.167 e. The van der Waals surface area contributed by atoms with Crippen LogP contribution in [0.3, 0.4) is 0 Å². The van der Waals surface area contributed by atoms with Crippen LogP contribution in [0.4, 0.5) is 5.82 Å². The molecule has 0 radical (unpaired) electrons. The molecule has 2 aromatic rings. The van der Waals surface area contributed by atoms with Gasteiger partial charge in [-0.1, -0.05) is 0 Å². The molecule has 9 nitrogen and oxygen atoms in total. The molecule has 1 aliphatic rings. The summed E-state index contributed by atoms with van der Waals surface area (Å²) in [5, 5.41) is 19.3. The number of anilines is 1. The Kier molecular flexibility index (Phi) is 3.26. The highest BCUT2D eigenvalue weighted by Crippen LogP contribution is 2.33. The van der Waals surface area contributed by atoms with E-state index < -0.39 is 24.5 Å². The summed E-state index contributed by atoms with van der Waals surface area (Å²) in [5.41, 5.74) is 6.66. The number of hydrogen-bond acceptors (Lipinski definition) is 8. The highest BCUT2D eigenvalue weighted by Gasteiger charge is 2.45. The SMILES string of the molecule is COC1C(O)C(CO)OC1n1cnc2c(N)ncnc21. The molecule has 20 heavy (non-hydrogen) atoms. The fourth-order valence-electron chi connectivity index (χ4n) is 2.40. The van der Waals surface area contributed by atoms with Crippen LogP contribution in [0, 0.1) is 0 Å². The summed E-state index contributed by atoms with van der Waals surface area (Å²) in [5.74, 6) is 0.264. The number of methoxy groups -OCH3 is 1. The normalized spacial score (nSPS) is 30.1. The topological polar surface area (TPSA) is 129 Å². The Morgan fingerprint density at radius 2 is 2.25 bits per heavy atom. The Morgan fingerprint density at radius 1 is 1.45 bits per heavy atom. The fraction of sp³-hybridized carbons (Fsp3) is 0.545. The van der Waals surface area contributed by atoms with Gasteiger partial charge in [0.1, 0.15) is 30.2 Å². The summed E-state index contributed by atoms with van der Waals surface area (Å²) in [6, 6.07) is 0. The molecule has 4 unspecified atom stereocenters. The van der Waals surface area contributed by atoms with Gasteiger partial charge in [0.2, 0.25) is 0 Å². The molecule has 108 valence electrons. The van der Waals surface area contributed by atoms with E-state index in [2.05, 4.69) is 15.0 Å². The number of aromatic nitrogens is 4. The third-order valence-electron chi connectivity index (χ3n) is 3.43. The molecule has 0 aliphatic carbocycles. The van der Waals surface area contributed by atoms with Crippen molar-refractivity contribution in [1.29, 1.82) is 0 Å². The quantitative estimate of drug-likeness (QED) is 0.631. The molecular formula is C11H15N5O4. The molecule has 1 saturated heterocycles. The molecule has 3 heterocycles. The second-order valence-corrected chi connectivity index (χ2v) is 4.52. The monoisotopic (exact) mass is 281 g/mol. The molecule has 4 atom stereocenters. The first-order chi connectivity index (χ1) is 9.67. The van der Waals surface area contributed by atoms with Crippen LogP contribution in [0.1, 0.15) is 6.23 Å². The van der Waals surface area contributed by atoms with Crippen LogP contribution >= 0.6 is 0 Å². The Balaban J connectivity index is 2.04. The Hall–Kier alpha value is -1.81. The second-order valence-electron chi connectivity index (χ2n) is 4.52. The lowest BCUT2D eigenvalue weighted by Gasteiger charge is -2.19. The van der Waals surface area contributed by atoms with Gasteiger partial charge in [-0.2, -0.15) is 0 Å². The third-order valence-corrected chi connectivity index (χ3v) is 3.43. The number of nitrogens with zero attached hydrogens (tertiary/aromatic N) is 4. The molecule has 0 bridgehead atoms. The van der Waals surface area contributed by atoms with Crippen molar-refractivity contribution < 1.29 is 19.7 Å². The third kappa shape index (κ3) is 1.83. The minimum Gasteiger partial charge on any atom is -0.394 e. The summed E-state index contributed by atoms with van der Waals surface area (Å²) < 4.78 is 12.5. The minimum absolute atomic E-state index is 0.264. The lowest BCUT2D eigenvalue weighted by atomic mass is 10.1. The van der Waals surface area contributed by atoms with Crippen molar-refractivity contribution in [2.24, 2.45) is 0 Å². The number of nitrogen functional groups attached to an aromatic ring is 1. The van der Waals surface area contributed by atoms with E-state index in [1.807, 2.05) is 0 Å². The van der Waals surface area contributed by atoms with Crippen LogP contribution in [0.15, 0.2) is 12.7 Å². The van der Waals surface area contributed by atoms with Crippen molar-refractivity contribution >= 4 is 17.0 Å². The zero-order valence-corrected chi connectivity index (χ0v) is 10.7. The Morgan fingerprint density at radius 3 is 2.95 bits per heavy atom. The number of imidazole rings is 1. The Labute approximate surface area is 114 Å². The zero-order chi connectivity index (χ0) is 14.3. The zero-order valence-electron chi connectivity index (χ0n) is 10.7. The first-order valence-corrected chi connectivity index (χ1v) is 6.07. The van der Waals surface area contributed by atoms with Gasteiger partial charge in [-0.05, 0) is 0 Å². The van der Waals surface area contributed by atoms with E-state index in [1.54, 1.807) is 4.57 Å². The molecule has 0 amide bonds. The van der Waals surface area contributed by atoms with Gasteiger partial charge in [0.05, 0.1) is 12.9 Å². The van der Waals surface area contributed by atoms with Gasteiger partial charge in [-0.15, -0.1) is 0 Å². The van der Waals surface area contributed by atoms with Crippen LogP contribution in [0.25, 0.3) is 11.2 Å². The summed E-state index contributed by atoms with van der Waals surface area (Å²) in [6.45, 7) is -0.304. The lowest BCUT2D eigenvalue weighted by Crippen LogP contribution is -2.34. The minimum atomic E-state index is -0.938. The lowest BCUT2D eigenvalue weighted by molar-refractivity contribution is -0.0583. The Bertz CT molecular complexity index is 618. The summed E-state index contributed by atoms with van der Waals surface area (Å²) in [6.07, 6.45) is -0.119. The van der Waals surface area contributed by atoms with E-state index >= 15 is 0 Å². The largest absolute Gasteiger partial charge is 0.394 e. The van der Waals surface area contributed by atoms with Crippen molar-refractivity contribution in [2.45, 2.75) is 24.5 Å². The molecule has 4 N–H and O–H groups in total. The summed E-state index contributed by atoms with van der Waals surface area (Å²) in [7, 11) is 1.46. The molecule has 9 heteroatoms. The van der Waals surface area contributed by atoms with Gasteiger partial charge in [-0.25, -0.2) is 15.0 Å². The van der Waals surface area contributed by atoms with Crippen molar-refractivity contribution in [3.8, 4) is 0 Å². The van der Waals surface area contributed by atoms with E-state index in [0.717, 1.165) is 0 Å². The van der Waals surface area contributed by atoms with E-state index in [9.17, 15) is 10.2 Å². The van der Waals surface area contributed by atoms with Gasteiger partial charge in [0.25, 0.3) is 0 Å². The molecule has 0 spiro atoms. The first kappa shape index (κ1) is 13.2. The average Bonchev–Trinajstić information content (AvgIpc) is 3.00. The van der Waals surface area contributed by atoms with Gasteiger partial charge in [0.15, 0.2) is 17.7 Å². The number of hydrogen-bond donors (Lipinski definition) is 3. The maximum atomic E-state index is 10.0. The van der Waals surface area contributed by atoms with E-state index in [1.165, 1.54) is 19.8 Å². The maximum absolute atomic E-state index is 10.0. The summed E-state index contributed by atoms with van der Waals surface area (Å²) >= 11 is 0. The van der Waals surface area contributed by atoms with Crippen LogP contribution in [-0.4, -0.2) is 61.8 Å². The van der Waals surface area contributed by atoms with E-state index in [-0.39, 0.29) is 12.4 Å². The predicted molar refractivity (Wildman–Crippen MR) is 67.5 cm³/mol. The second kappa shape index (κ2) is 4.94. The van der Waals surface area contributed by atoms with Gasteiger partial charge in [-0.3, -0.25) is 4.57 Å². The maximum Gasteiger partial charge on any atom is 0.167 e. The standard InChI is InChI=1S/C11H15N5O4/c1-19-8-7(18)5(2-17)20-11(8)16-4-15-6-9(12)13-3-14-10(6)16/h3-5,7-8,11,17-18H,2H2,1H3,(H2,12,13,14). The fourth-order valence-corrected chi connectivity index (χ4v) is 2.40. The number of nitrogens with two attached hydrogens (primary N) is 1. The van der Waals surface area contributed by atoms with Gasteiger partial charge in [0, 0.05) is 7.11 Å². The van der Waals surface area contributed by atoms with Crippen LogP contribution in [-0.2, 0) is 9.47 Å². The number of aliphatic hydroxyl groups is 2. The highest BCUT2D eigenvalue weighted by molar-refractivity contribution is 5.81. The van der Waals surface area contributed by atoms with E-state index in [4.69, 9.17) is 15.2 Å². The number of aliphatic hydroxyl groups excluding tert-OH is 2. The summed E-state index contributed by atoms with van der Waals surface area (Å²) in [4.78, 5) is 12.1. The molecule has 1 fully saturated rings. The van der Waals surface area contributed by atoms with Crippen molar-refractivity contribution in [1.82, 2.24) is 19.5 Å². The van der Waals surface area contributed by atoms with Crippen molar-refractivity contribution in [3.05, 3.63) is 12.7 Å². The molecule has 2 aromatic heterocycles. The predicted octanol–water partition coefficient (Wildman–Crippen LogP) is -1.33. The number of ether oxygens (including phenoxy) is 2. The number of fused-ring (bicyclic) bond motifs is 1. The van der Waals surface area contributed by atoms with Crippen LogP contribution in [0.5, 0.6) is 0 Å². The van der Waals surface area contributed by atoms with Crippen LogP contribution in [0.2, 0.25) is 0 Å². The molecule has 3 rings (SSSR count). The van der Waals surface area contributed by atoms with Crippen molar-refractivity contribution in [2.75, 3.05) is 19.5 Å². The van der Waals surface area contributed by atoms with Gasteiger partial charge < -0.3 is 25.4 Å². The van der Waals surface area contributed by atoms with Crippen LogP contribution < -0.4 is 5.73 Å². The average molecular weight is 281 g/mol. The van der Waals surface area contributed by atoms with Gasteiger partial charge >= 0.3 is 0 Å². The van der Waals surface area contributed by atoms with Crippen molar-refractivity contribution in [3.63, 3.8) is 0 Å².